The van der Waals surface area contributed by atoms with Gasteiger partial charge in [0.2, 0.25) is 0 Å². The first kappa shape index (κ1) is 16.4. The summed E-state index contributed by atoms with van der Waals surface area (Å²) in [6, 6.07) is 9.98. The van der Waals surface area contributed by atoms with Crippen molar-refractivity contribution in [2.24, 2.45) is 7.05 Å². The molecule has 1 aromatic carbocycles. The van der Waals surface area contributed by atoms with E-state index in [9.17, 15) is 4.79 Å². The van der Waals surface area contributed by atoms with Crippen molar-refractivity contribution in [3.8, 4) is 10.6 Å². The highest BCUT2D eigenvalue weighted by atomic mass is 32.1. The molecule has 1 amide bonds. The van der Waals surface area contributed by atoms with Gasteiger partial charge in [-0.3, -0.25) is 9.48 Å². The molecule has 4 aromatic rings. The predicted octanol–water partition coefficient (Wildman–Crippen LogP) is 3.96. The molecule has 0 aliphatic rings. The average molecular weight is 363 g/mol. The fourth-order valence-corrected chi connectivity index (χ4v) is 3.58. The van der Waals surface area contributed by atoms with Gasteiger partial charge in [-0.15, -0.1) is 11.3 Å². The van der Waals surface area contributed by atoms with Gasteiger partial charge in [-0.05, 0) is 19.9 Å². The van der Waals surface area contributed by atoms with E-state index in [-0.39, 0.29) is 5.91 Å². The summed E-state index contributed by atoms with van der Waals surface area (Å²) in [4.78, 5) is 21.4. The number of benzene rings is 1. The van der Waals surface area contributed by atoms with Gasteiger partial charge in [-0.2, -0.15) is 5.10 Å². The van der Waals surface area contributed by atoms with Crippen molar-refractivity contribution in [2.45, 2.75) is 13.8 Å². The first-order valence-corrected chi connectivity index (χ1v) is 9.02. The molecule has 26 heavy (non-hydrogen) atoms. The Balaban J connectivity index is 1.57. The molecule has 0 fully saturated rings. The smallest absolute Gasteiger partial charge is 0.275 e. The van der Waals surface area contributed by atoms with Crippen LogP contribution in [0.1, 0.15) is 21.7 Å². The molecule has 0 bridgehead atoms. The molecule has 0 radical (unpaired) electrons. The third kappa shape index (κ3) is 2.97. The highest BCUT2D eigenvalue weighted by Crippen LogP contribution is 2.25. The van der Waals surface area contributed by atoms with Crippen LogP contribution in [0.25, 0.3) is 21.6 Å². The van der Waals surface area contributed by atoms with Gasteiger partial charge in [0.1, 0.15) is 10.7 Å². The van der Waals surface area contributed by atoms with E-state index in [2.05, 4.69) is 20.4 Å². The lowest BCUT2D eigenvalue weighted by Crippen LogP contribution is -2.12. The number of thiazole rings is 1. The third-order valence-corrected chi connectivity index (χ3v) is 5.05. The molecule has 0 saturated heterocycles. The van der Waals surface area contributed by atoms with Crippen LogP contribution >= 0.6 is 11.3 Å². The summed E-state index contributed by atoms with van der Waals surface area (Å²) in [5.74, 6) is -0.248. The molecular formula is C19H17N5OS. The topological polar surface area (TPSA) is 72.7 Å². The molecule has 7 heteroatoms. The van der Waals surface area contributed by atoms with E-state index in [1.807, 2.05) is 51.2 Å². The largest absolute Gasteiger partial charge is 0.319 e. The fraction of sp³-hybridized carbons (Fsp3) is 0.158. The van der Waals surface area contributed by atoms with Crippen LogP contribution < -0.4 is 5.32 Å². The highest BCUT2D eigenvalue weighted by molar-refractivity contribution is 7.13. The number of hydrogen-bond donors (Lipinski definition) is 1. The molecule has 0 aliphatic heterocycles. The van der Waals surface area contributed by atoms with Gasteiger partial charge in [-0.25, -0.2) is 9.97 Å². The maximum atomic E-state index is 12.5. The van der Waals surface area contributed by atoms with Gasteiger partial charge < -0.3 is 5.32 Å². The normalized spacial score (nSPS) is 11.0. The van der Waals surface area contributed by atoms with E-state index >= 15 is 0 Å². The zero-order valence-corrected chi connectivity index (χ0v) is 15.5. The number of fused-ring (bicyclic) bond motifs is 1. The number of nitrogens with one attached hydrogen (secondary N) is 1. The Labute approximate surface area is 154 Å². The molecule has 4 rings (SSSR count). The zero-order valence-electron chi connectivity index (χ0n) is 14.6. The maximum absolute atomic E-state index is 12.5. The first-order valence-electron chi connectivity index (χ1n) is 8.14. The molecule has 0 saturated carbocycles. The van der Waals surface area contributed by atoms with E-state index in [4.69, 9.17) is 0 Å². The van der Waals surface area contributed by atoms with Gasteiger partial charge in [-0.1, -0.05) is 29.8 Å². The van der Waals surface area contributed by atoms with Gasteiger partial charge in [0.05, 0.1) is 17.6 Å². The number of nitrogens with zero attached hydrogens (tertiary/aromatic N) is 4. The number of carbonyl (C=O) groups excluding carboxylic acids is 1. The Morgan fingerprint density at radius 2 is 1.96 bits per heavy atom. The molecule has 0 aliphatic carbocycles. The minimum Gasteiger partial charge on any atom is -0.319 e. The Hall–Kier alpha value is -3.06. The standard InChI is InChI=1S/C19H17N5OS/c1-11-4-6-13(7-5-11)19-22-16(10-26-19)18(25)21-14-8-15-12(2)23-24(3)17(15)20-9-14/h4-10H,1-3H3,(H,21,25). The Morgan fingerprint density at radius 1 is 1.19 bits per heavy atom. The van der Waals surface area contributed by atoms with Gasteiger partial charge >= 0.3 is 0 Å². The minimum atomic E-state index is -0.248. The molecule has 0 spiro atoms. The van der Waals surface area contributed by atoms with Gasteiger partial charge in [0, 0.05) is 23.4 Å². The van der Waals surface area contributed by atoms with E-state index in [1.165, 1.54) is 16.9 Å². The quantitative estimate of drug-likeness (QED) is 0.598. The summed E-state index contributed by atoms with van der Waals surface area (Å²) in [5, 5.41) is 10.7. The molecule has 1 N–H and O–H groups in total. The number of amides is 1. The molecule has 6 nitrogen and oxygen atoms in total. The average Bonchev–Trinajstić information content (AvgIpc) is 3.22. The molecule has 0 atom stereocenters. The molecule has 3 aromatic heterocycles. The van der Waals surface area contributed by atoms with Crippen molar-refractivity contribution in [1.29, 1.82) is 0 Å². The monoisotopic (exact) mass is 363 g/mol. The predicted molar refractivity (Wildman–Crippen MR) is 103 cm³/mol. The van der Waals surface area contributed by atoms with Crippen molar-refractivity contribution in [3.63, 3.8) is 0 Å². The van der Waals surface area contributed by atoms with Crippen molar-refractivity contribution >= 4 is 34.0 Å². The van der Waals surface area contributed by atoms with Crippen LogP contribution in [0.2, 0.25) is 0 Å². The number of hydrogen-bond acceptors (Lipinski definition) is 5. The van der Waals surface area contributed by atoms with Crippen molar-refractivity contribution in [2.75, 3.05) is 5.32 Å². The Morgan fingerprint density at radius 3 is 2.73 bits per heavy atom. The summed E-state index contributed by atoms with van der Waals surface area (Å²) >= 11 is 1.45. The van der Waals surface area contributed by atoms with Crippen LogP contribution in [0.3, 0.4) is 0 Å². The summed E-state index contributed by atoms with van der Waals surface area (Å²) < 4.78 is 1.73. The molecule has 3 heterocycles. The maximum Gasteiger partial charge on any atom is 0.275 e. The second-order valence-electron chi connectivity index (χ2n) is 6.16. The van der Waals surface area contributed by atoms with Gasteiger partial charge in [0.25, 0.3) is 5.91 Å². The number of rotatable bonds is 3. The molecule has 0 unspecified atom stereocenters. The lowest BCUT2D eigenvalue weighted by Gasteiger charge is -2.03. The highest BCUT2D eigenvalue weighted by Gasteiger charge is 2.14. The van der Waals surface area contributed by atoms with Crippen LogP contribution in [-0.4, -0.2) is 25.7 Å². The first-order chi connectivity index (χ1) is 12.5. The summed E-state index contributed by atoms with van der Waals surface area (Å²) in [7, 11) is 1.85. The second kappa shape index (κ2) is 6.34. The number of aryl methyl sites for hydroxylation is 3. The van der Waals surface area contributed by atoms with E-state index in [1.54, 1.807) is 16.3 Å². The van der Waals surface area contributed by atoms with Gasteiger partial charge in [0.15, 0.2) is 5.65 Å². The van der Waals surface area contributed by atoms with E-state index in [0.717, 1.165) is 27.3 Å². The van der Waals surface area contributed by atoms with Crippen LogP contribution in [-0.2, 0) is 7.05 Å². The lowest BCUT2D eigenvalue weighted by molar-refractivity contribution is 0.102. The summed E-state index contributed by atoms with van der Waals surface area (Å²) in [6.45, 7) is 3.96. The van der Waals surface area contributed by atoms with Crippen LogP contribution in [0.15, 0.2) is 41.9 Å². The summed E-state index contributed by atoms with van der Waals surface area (Å²) in [6.07, 6.45) is 1.63. The summed E-state index contributed by atoms with van der Waals surface area (Å²) in [5.41, 5.74) is 4.89. The number of pyridine rings is 1. The van der Waals surface area contributed by atoms with Crippen LogP contribution in [0, 0.1) is 13.8 Å². The van der Waals surface area contributed by atoms with Crippen molar-refractivity contribution in [3.05, 3.63) is 58.9 Å². The molecular weight excluding hydrogens is 346 g/mol. The number of aromatic nitrogens is 4. The molecule has 130 valence electrons. The Kier molecular flexibility index (Phi) is 4.00. The number of anilines is 1. The van der Waals surface area contributed by atoms with E-state index in [0.29, 0.717) is 11.4 Å². The van der Waals surface area contributed by atoms with Crippen LogP contribution in [0.4, 0.5) is 5.69 Å². The SMILES string of the molecule is Cc1ccc(-c2nc(C(=O)Nc3cnc4c(c3)c(C)nn4C)cs2)cc1. The van der Waals surface area contributed by atoms with Crippen molar-refractivity contribution < 1.29 is 4.79 Å². The Bertz CT molecular complexity index is 1110. The van der Waals surface area contributed by atoms with Crippen LogP contribution in [0.5, 0.6) is 0 Å². The third-order valence-electron chi connectivity index (χ3n) is 4.16. The second-order valence-corrected chi connectivity index (χ2v) is 7.02. The van der Waals surface area contributed by atoms with E-state index < -0.39 is 0 Å². The zero-order chi connectivity index (χ0) is 18.3. The fourth-order valence-electron chi connectivity index (χ4n) is 2.78. The minimum absolute atomic E-state index is 0.248. The number of carbonyl (C=O) groups is 1. The lowest BCUT2D eigenvalue weighted by atomic mass is 10.2. The van der Waals surface area contributed by atoms with Crippen molar-refractivity contribution in [1.82, 2.24) is 19.7 Å².